The maximum Gasteiger partial charge on any atom is 0.339 e. The van der Waals surface area contributed by atoms with Gasteiger partial charge in [0, 0.05) is 17.8 Å². The van der Waals surface area contributed by atoms with Crippen LogP contribution in [0.5, 0.6) is 5.75 Å². The van der Waals surface area contributed by atoms with E-state index in [1.54, 1.807) is 30.5 Å². The molecule has 0 amide bonds. The van der Waals surface area contributed by atoms with Crippen molar-refractivity contribution in [2.24, 2.45) is 0 Å². The number of halogens is 2. The molecule has 4 rings (SSSR count). The van der Waals surface area contributed by atoms with E-state index in [2.05, 4.69) is 10.3 Å². The van der Waals surface area contributed by atoms with Gasteiger partial charge in [0.05, 0.1) is 12.8 Å². The van der Waals surface area contributed by atoms with Gasteiger partial charge in [0.1, 0.15) is 28.8 Å². The normalized spacial score (nSPS) is 13.2. The van der Waals surface area contributed by atoms with E-state index in [-0.39, 0.29) is 22.6 Å². The highest BCUT2D eigenvalue weighted by atomic mass is 19.1. The number of hydrogen-bond acceptors (Lipinski definition) is 4. The molecule has 1 aliphatic carbocycles. The molecule has 1 aliphatic rings. The van der Waals surface area contributed by atoms with Gasteiger partial charge in [-0.25, -0.2) is 18.6 Å². The lowest BCUT2D eigenvalue weighted by molar-refractivity contribution is 0.0697. The lowest BCUT2D eigenvalue weighted by Crippen LogP contribution is -2.07. The van der Waals surface area contributed by atoms with E-state index in [0.717, 1.165) is 30.5 Å². The van der Waals surface area contributed by atoms with Gasteiger partial charge < -0.3 is 15.2 Å². The van der Waals surface area contributed by atoms with E-state index in [1.165, 1.54) is 13.2 Å². The number of nitrogens with zero attached hydrogens (tertiary/aromatic N) is 1. The Morgan fingerprint density at radius 1 is 1.17 bits per heavy atom. The SMILES string of the molecule is COc1cccc(-c2cc(F)c(Nc3ncc(C4CC4)cc3C(=O)O)cc2F)c1. The minimum absolute atomic E-state index is 0.0330. The lowest BCUT2D eigenvalue weighted by atomic mass is 10.0. The second-order valence-electron chi connectivity index (χ2n) is 6.91. The van der Waals surface area contributed by atoms with Crippen molar-refractivity contribution in [3.63, 3.8) is 0 Å². The van der Waals surface area contributed by atoms with Gasteiger partial charge in [0.15, 0.2) is 0 Å². The van der Waals surface area contributed by atoms with Crippen molar-refractivity contribution in [1.82, 2.24) is 4.98 Å². The fourth-order valence-electron chi connectivity index (χ4n) is 3.17. The molecule has 5 nitrogen and oxygen atoms in total. The Kier molecular flexibility index (Phi) is 4.88. The number of carbonyl (C=O) groups is 1. The average Bonchev–Trinajstić information content (AvgIpc) is 3.56. The van der Waals surface area contributed by atoms with Crippen LogP contribution in [0.1, 0.15) is 34.7 Å². The van der Waals surface area contributed by atoms with Crippen LogP contribution in [0.2, 0.25) is 0 Å². The topological polar surface area (TPSA) is 71.5 Å². The molecule has 0 atom stereocenters. The molecule has 29 heavy (non-hydrogen) atoms. The van der Waals surface area contributed by atoms with Crippen LogP contribution in [-0.4, -0.2) is 23.2 Å². The highest BCUT2D eigenvalue weighted by Gasteiger charge is 2.26. The molecule has 3 aromatic rings. The fourth-order valence-corrected chi connectivity index (χ4v) is 3.17. The largest absolute Gasteiger partial charge is 0.497 e. The van der Waals surface area contributed by atoms with Crippen molar-refractivity contribution < 1.29 is 23.4 Å². The van der Waals surface area contributed by atoms with Crippen molar-refractivity contribution in [3.8, 4) is 16.9 Å². The third-order valence-electron chi connectivity index (χ3n) is 4.88. The minimum Gasteiger partial charge on any atom is -0.497 e. The first-order chi connectivity index (χ1) is 14.0. The summed E-state index contributed by atoms with van der Waals surface area (Å²) >= 11 is 0. The van der Waals surface area contributed by atoms with Gasteiger partial charge in [-0.3, -0.25) is 0 Å². The predicted molar refractivity (Wildman–Crippen MR) is 105 cm³/mol. The molecule has 1 heterocycles. The number of hydrogen-bond donors (Lipinski definition) is 2. The number of anilines is 2. The van der Waals surface area contributed by atoms with E-state index in [9.17, 15) is 18.7 Å². The Morgan fingerprint density at radius 3 is 2.66 bits per heavy atom. The quantitative estimate of drug-likeness (QED) is 0.587. The third kappa shape index (κ3) is 3.89. The summed E-state index contributed by atoms with van der Waals surface area (Å²) in [5.41, 5.74) is 1.11. The molecule has 0 bridgehead atoms. The zero-order chi connectivity index (χ0) is 20.5. The molecule has 148 valence electrons. The number of carboxylic acids is 1. The molecule has 0 spiro atoms. The monoisotopic (exact) mass is 396 g/mol. The Morgan fingerprint density at radius 2 is 1.97 bits per heavy atom. The Hall–Kier alpha value is -3.48. The van der Waals surface area contributed by atoms with Crippen LogP contribution in [-0.2, 0) is 0 Å². The number of carboxylic acid groups (broad SMARTS) is 1. The number of benzene rings is 2. The van der Waals surface area contributed by atoms with Gasteiger partial charge in [-0.05, 0) is 54.2 Å². The van der Waals surface area contributed by atoms with Crippen LogP contribution in [0.3, 0.4) is 0 Å². The first kappa shape index (κ1) is 18.9. The van der Waals surface area contributed by atoms with Gasteiger partial charge in [0.2, 0.25) is 0 Å². The molecule has 1 aromatic heterocycles. The van der Waals surface area contributed by atoms with E-state index in [4.69, 9.17) is 4.74 Å². The summed E-state index contributed by atoms with van der Waals surface area (Å²) in [7, 11) is 1.49. The first-order valence-electron chi connectivity index (χ1n) is 9.10. The van der Waals surface area contributed by atoms with E-state index < -0.39 is 17.6 Å². The standard InChI is InChI=1S/C22H18F2N2O3/c1-29-15-4-2-3-13(7-15)16-9-19(24)20(10-18(16)23)26-21-17(22(27)28)8-14(11-25-21)12-5-6-12/h2-4,7-12H,5-6H2,1H3,(H,25,26)(H,27,28). The molecule has 1 saturated carbocycles. The second-order valence-corrected chi connectivity index (χ2v) is 6.91. The van der Waals surface area contributed by atoms with E-state index in [1.807, 2.05) is 0 Å². The van der Waals surface area contributed by atoms with Gasteiger partial charge in [-0.15, -0.1) is 0 Å². The summed E-state index contributed by atoms with van der Waals surface area (Å²) in [6.45, 7) is 0. The molecule has 0 radical (unpaired) electrons. The molecular formula is C22H18F2N2O3. The third-order valence-corrected chi connectivity index (χ3v) is 4.88. The van der Waals surface area contributed by atoms with Crippen LogP contribution < -0.4 is 10.1 Å². The number of ether oxygens (including phenoxy) is 1. The molecule has 1 fully saturated rings. The second kappa shape index (κ2) is 7.50. The van der Waals surface area contributed by atoms with Crippen LogP contribution in [0.15, 0.2) is 48.7 Å². The molecule has 2 N–H and O–H groups in total. The number of rotatable bonds is 6. The van der Waals surface area contributed by atoms with Crippen LogP contribution in [0, 0.1) is 11.6 Å². The maximum absolute atomic E-state index is 14.7. The Labute approximate surface area is 166 Å². The van der Waals surface area contributed by atoms with Gasteiger partial charge in [-0.1, -0.05) is 12.1 Å². The highest BCUT2D eigenvalue weighted by Crippen LogP contribution is 2.41. The number of methoxy groups -OCH3 is 1. The van der Waals surface area contributed by atoms with Gasteiger partial charge in [-0.2, -0.15) is 0 Å². The molecule has 2 aromatic carbocycles. The fraction of sp³-hybridized carbons (Fsp3) is 0.182. The predicted octanol–water partition coefficient (Wildman–Crippen LogP) is 5.35. The maximum atomic E-state index is 14.7. The van der Waals surface area contributed by atoms with Crippen molar-refractivity contribution in [2.75, 3.05) is 12.4 Å². The number of aromatic carboxylic acids is 1. The van der Waals surface area contributed by atoms with Crippen LogP contribution in [0.4, 0.5) is 20.3 Å². The van der Waals surface area contributed by atoms with Crippen molar-refractivity contribution in [1.29, 1.82) is 0 Å². The molecule has 7 heteroatoms. The first-order valence-corrected chi connectivity index (χ1v) is 9.10. The lowest BCUT2D eigenvalue weighted by Gasteiger charge is -2.13. The molecule has 0 saturated heterocycles. The Bertz CT molecular complexity index is 1100. The van der Waals surface area contributed by atoms with Crippen molar-refractivity contribution in [3.05, 3.63) is 71.4 Å². The average molecular weight is 396 g/mol. The zero-order valence-electron chi connectivity index (χ0n) is 15.6. The molecular weight excluding hydrogens is 378 g/mol. The summed E-state index contributed by atoms with van der Waals surface area (Å²) in [5.74, 6) is -1.76. The summed E-state index contributed by atoms with van der Waals surface area (Å²) in [6.07, 6.45) is 3.57. The van der Waals surface area contributed by atoms with Crippen LogP contribution in [0.25, 0.3) is 11.1 Å². The summed E-state index contributed by atoms with van der Waals surface area (Å²) in [4.78, 5) is 15.7. The minimum atomic E-state index is -1.18. The smallest absolute Gasteiger partial charge is 0.339 e. The molecule has 0 aliphatic heterocycles. The summed E-state index contributed by atoms with van der Waals surface area (Å²) in [5, 5.41) is 12.1. The summed E-state index contributed by atoms with van der Waals surface area (Å²) < 4.78 is 34.5. The van der Waals surface area contributed by atoms with E-state index in [0.29, 0.717) is 17.2 Å². The zero-order valence-corrected chi connectivity index (χ0v) is 15.6. The van der Waals surface area contributed by atoms with Gasteiger partial charge >= 0.3 is 5.97 Å². The molecule has 0 unspecified atom stereocenters. The van der Waals surface area contributed by atoms with Crippen molar-refractivity contribution >= 4 is 17.5 Å². The van der Waals surface area contributed by atoms with E-state index >= 15 is 0 Å². The number of aromatic nitrogens is 1. The van der Waals surface area contributed by atoms with Crippen LogP contribution >= 0.6 is 0 Å². The summed E-state index contributed by atoms with van der Waals surface area (Å²) in [6, 6.07) is 10.2. The Balaban J connectivity index is 1.68. The van der Waals surface area contributed by atoms with Crippen molar-refractivity contribution in [2.45, 2.75) is 18.8 Å². The number of pyridine rings is 1. The van der Waals surface area contributed by atoms with Gasteiger partial charge in [0.25, 0.3) is 0 Å². The number of nitrogens with one attached hydrogen (secondary N) is 1. The highest BCUT2D eigenvalue weighted by molar-refractivity contribution is 5.94.